The van der Waals surface area contributed by atoms with E-state index in [0.717, 1.165) is 16.5 Å². The first kappa shape index (κ1) is 9.44. The average molecular weight is 207 g/mol. The first-order chi connectivity index (χ1) is 6.68. The monoisotopic (exact) mass is 206 g/mol. The third-order valence-corrected chi connectivity index (χ3v) is 2.40. The van der Waals surface area contributed by atoms with E-state index in [9.17, 15) is 0 Å². The summed E-state index contributed by atoms with van der Waals surface area (Å²) in [6.07, 6.45) is 0. The summed E-state index contributed by atoms with van der Waals surface area (Å²) in [7, 11) is 0. The summed E-state index contributed by atoms with van der Waals surface area (Å²) in [5.41, 5.74) is 7.80. The van der Waals surface area contributed by atoms with Crippen LogP contribution in [0, 0.1) is 0 Å². The van der Waals surface area contributed by atoms with Crippen LogP contribution in [-0.4, -0.2) is 4.98 Å². The van der Waals surface area contributed by atoms with E-state index in [1.165, 1.54) is 0 Å². The third kappa shape index (κ3) is 1.59. The Balaban J connectivity index is 2.80. The second-order valence-electron chi connectivity index (χ2n) is 3.34. The maximum absolute atomic E-state index is 5.90. The molecule has 0 radical (unpaired) electrons. The van der Waals surface area contributed by atoms with Crippen molar-refractivity contribution < 1.29 is 0 Å². The largest absolute Gasteiger partial charge is 0.324 e. The summed E-state index contributed by atoms with van der Waals surface area (Å²) in [5, 5.41) is 1.57. The van der Waals surface area contributed by atoms with Crippen molar-refractivity contribution >= 4 is 22.5 Å². The summed E-state index contributed by atoms with van der Waals surface area (Å²) in [5.74, 6) is 0. The summed E-state index contributed by atoms with van der Waals surface area (Å²) >= 11 is 5.90. The number of hydrogen-bond acceptors (Lipinski definition) is 2. The molecular weight excluding hydrogens is 196 g/mol. The number of nitrogens with zero attached hydrogens (tertiary/aromatic N) is 1. The highest BCUT2D eigenvalue weighted by Crippen LogP contribution is 2.24. The van der Waals surface area contributed by atoms with Gasteiger partial charge in [0.2, 0.25) is 0 Å². The number of aromatic nitrogens is 1. The molecule has 1 heterocycles. The van der Waals surface area contributed by atoms with Gasteiger partial charge in [-0.15, -0.1) is 0 Å². The van der Waals surface area contributed by atoms with Crippen LogP contribution >= 0.6 is 11.6 Å². The third-order valence-electron chi connectivity index (χ3n) is 2.21. The SMILES string of the molecule is C[C@H](N)c1cc(Cl)nc2ccccc12. The number of rotatable bonds is 1. The Kier molecular flexibility index (Phi) is 2.40. The van der Waals surface area contributed by atoms with Crippen LogP contribution < -0.4 is 5.73 Å². The molecule has 2 N–H and O–H groups in total. The van der Waals surface area contributed by atoms with Crippen LogP contribution in [0.4, 0.5) is 0 Å². The van der Waals surface area contributed by atoms with Crippen LogP contribution in [0.3, 0.4) is 0 Å². The Hall–Kier alpha value is -1.12. The molecule has 0 bridgehead atoms. The Morgan fingerprint density at radius 1 is 1.36 bits per heavy atom. The van der Waals surface area contributed by atoms with Gasteiger partial charge in [-0.25, -0.2) is 4.98 Å². The average Bonchev–Trinajstić information content (AvgIpc) is 2.16. The molecule has 0 saturated carbocycles. The summed E-state index contributed by atoms with van der Waals surface area (Å²) in [4.78, 5) is 4.23. The Morgan fingerprint density at radius 2 is 2.07 bits per heavy atom. The van der Waals surface area contributed by atoms with E-state index in [0.29, 0.717) is 5.15 Å². The molecule has 2 aromatic rings. The standard InChI is InChI=1S/C11H11ClN2/c1-7(13)9-6-11(12)14-10-5-3-2-4-8(9)10/h2-7H,13H2,1H3/t7-/m0/s1. The van der Waals surface area contributed by atoms with Crippen molar-refractivity contribution in [2.24, 2.45) is 5.73 Å². The maximum atomic E-state index is 5.90. The van der Waals surface area contributed by atoms with Crippen LogP contribution in [0.15, 0.2) is 30.3 Å². The fourth-order valence-electron chi connectivity index (χ4n) is 1.55. The van der Waals surface area contributed by atoms with Crippen molar-refractivity contribution in [3.63, 3.8) is 0 Å². The molecule has 2 rings (SSSR count). The molecular formula is C11H11ClN2. The van der Waals surface area contributed by atoms with Gasteiger partial charge >= 0.3 is 0 Å². The fraction of sp³-hybridized carbons (Fsp3) is 0.182. The molecule has 14 heavy (non-hydrogen) atoms. The van der Waals surface area contributed by atoms with Crippen LogP contribution in [0.5, 0.6) is 0 Å². The van der Waals surface area contributed by atoms with E-state index < -0.39 is 0 Å². The first-order valence-electron chi connectivity index (χ1n) is 4.49. The van der Waals surface area contributed by atoms with Gasteiger partial charge in [0, 0.05) is 11.4 Å². The Bertz CT molecular complexity index is 466. The van der Waals surface area contributed by atoms with E-state index in [4.69, 9.17) is 17.3 Å². The van der Waals surface area contributed by atoms with Crippen molar-refractivity contribution in [1.82, 2.24) is 4.98 Å². The van der Waals surface area contributed by atoms with Gasteiger partial charge in [-0.1, -0.05) is 29.8 Å². The van der Waals surface area contributed by atoms with Gasteiger partial charge in [-0.2, -0.15) is 0 Å². The zero-order chi connectivity index (χ0) is 10.1. The molecule has 1 aromatic carbocycles. The van der Waals surface area contributed by atoms with Crippen LogP contribution in [-0.2, 0) is 0 Å². The van der Waals surface area contributed by atoms with Gasteiger partial charge in [0.25, 0.3) is 0 Å². The topological polar surface area (TPSA) is 38.9 Å². The van der Waals surface area contributed by atoms with Crippen molar-refractivity contribution in [1.29, 1.82) is 0 Å². The van der Waals surface area contributed by atoms with E-state index in [2.05, 4.69) is 4.98 Å². The van der Waals surface area contributed by atoms with E-state index in [-0.39, 0.29) is 6.04 Å². The number of pyridine rings is 1. The van der Waals surface area contributed by atoms with Gasteiger partial charge in [0.15, 0.2) is 0 Å². The predicted octanol–water partition coefficient (Wildman–Crippen LogP) is 2.91. The highest BCUT2D eigenvalue weighted by molar-refractivity contribution is 6.29. The Labute approximate surface area is 87.7 Å². The molecule has 0 spiro atoms. The van der Waals surface area contributed by atoms with E-state index in [1.807, 2.05) is 37.3 Å². The van der Waals surface area contributed by atoms with Gasteiger partial charge in [0.05, 0.1) is 5.52 Å². The lowest BCUT2D eigenvalue weighted by Gasteiger charge is -2.09. The second-order valence-corrected chi connectivity index (χ2v) is 3.73. The summed E-state index contributed by atoms with van der Waals surface area (Å²) < 4.78 is 0. The molecule has 1 atom stereocenters. The molecule has 0 aliphatic rings. The maximum Gasteiger partial charge on any atom is 0.130 e. The number of nitrogens with two attached hydrogens (primary N) is 1. The highest BCUT2D eigenvalue weighted by atomic mass is 35.5. The highest BCUT2D eigenvalue weighted by Gasteiger charge is 2.07. The molecule has 0 aliphatic heterocycles. The molecule has 3 heteroatoms. The zero-order valence-corrected chi connectivity index (χ0v) is 8.62. The second kappa shape index (κ2) is 3.56. The number of fused-ring (bicyclic) bond motifs is 1. The lowest BCUT2D eigenvalue weighted by molar-refractivity contribution is 0.825. The minimum atomic E-state index is -0.0274. The summed E-state index contributed by atoms with van der Waals surface area (Å²) in [6.45, 7) is 1.94. The van der Waals surface area contributed by atoms with E-state index in [1.54, 1.807) is 0 Å². The molecule has 0 amide bonds. The van der Waals surface area contributed by atoms with Crippen LogP contribution in [0.1, 0.15) is 18.5 Å². The first-order valence-corrected chi connectivity index (χ1v) is 4.87. The molecule has 0 fully saturated rings. The van der Waals surface area contributed by atoms with Crippen LogP contribution in [0.2, 0.25) is 5.15 Å². The quantitative estimate of drug-likeness (QED) is 0.729. The van der Waals surface area contributed by atoms with Crippen molar-refractivity contribution in [3.05, 3.63) is 41.0 Å². The summed E-state index contributed by atoms with van der Waals surface area (Å²) in [6, 6.07) is 9.67. The van der Waals surface area contributed by atoms with Crippen molar-refractivity contribution in [2.45, 2.75) is 13.0 Å². The molecule has 0 aliphatic carbocycles. The van der Waals surface area contributed by atoms with Gasteiger partial charge in [0.1, 0.15) is 5.15 Å². The number of halogens is 1. The predicted molar refractivity (Wildman–Crippen MR) is 59.4 cm³/mol. The normalized spacial score (nSPS) is 13.1. The van der Waals surface area contributed by atoms with Crippen molar-refractivity contribution in [3.8, 4) is 0 Å². The molecule has 72 valence electrons. The molecule has 1 aromatic heterocycles. The van der Waals surface area contributed by atoms with Crippen molar-refractivity contribution in [2.75, 3.05) is 0 Å². The van der Waals surface area contributed by atoms with Gasteiger partial charge in [-0.3, -0.25) is 0 Å². The molecule has 0 saturated heterocycles. The van der Waals surface area contributed by atoms with Crippen LogP contribution in [0.25, 0.3) is 10.9 Å². The van der Waals surface area contributed by atoms with Gasteiger partial charge in [-0.05, 0) is 24.6 Å². The minimum Gasteiger partial charge on any atom is -0.324 e. The number of para-hydroxylation sites is 1. The lowest BCUT2D eigenvalue weighted by atomic mass is 10.0. The molecule has 0 unspecified atom stereocenters. The smallest absolute Gasteiger partial charge is 0.130 e. The van der Waals surface area contributed by atoms with E-state index >= 15 is 0 Å². The Morgan fingerprint density at radius 3 is 2.79 bits per heavy atom. The number of hydrogen-bond donors (Lipinski definition) is 1. The molecule has 2 nitrogen and oxygen atoms in total. The minimum absolute atomic E-state index is 0.0274. The number of benzene rings is 1. The lowest BCUT2D eigenvalue weighted by Crippen LogP contribution is -2.06. The zero-order valence-electron chi connectivity index (χ0n) is 7.87. The van der Waals surface area contributed by atoms with Gasteiger partial charge < -0.3 is 5.73 Å². The fourth-order valence-corrected chi connectivity index (χ4v) is 1.75.